The zero-order valence-electron chi connectivity index (χ0n) is 13.5. The lowest BCUT2D eigenvalue weighted by molar-refractivity contribution is 0.404. The van der Waals surface area contributed by atoms with Gasteiger partial charge in [-0.15, -0.1) is 0 Å². The van der Waals surface area contributed by atoms with Gasteiger partial charge in [-0.3, -0.25) is 5.43 Å². The van der Waals surface area contributed by atoms with Crippen molar-refractivity contribution in [3.63, 3.8) is 0 Å². The lowest BCUT2D eigenvalue weighted by Crippen LogP contribution is -2.23. The molecule has 124 valence electrons. The van der Waals surface area contributed by atoms with Crippen LogP contribution in [0.1, 0.15) is 18.4 Å². The zero-order chi connectivity index (χ0) is 16.4. The highest BCUT2D eigenvalue weighted by molar-refractivity contribution is 7.89. The molecule has 0 atom stereocenters. The molecule has 1 aromatic rings. The average Bonchev–Trinajstić information content (AvgIpc) is 2.49. The second kappa shape index (κ2) is 9.55. The van der Waals surface area contributed by atoms with E-state index in [0.29, 0.717) is 6.42 Å². The Hall–Kier alpha value is -1.44. The van der Waals surface area contributed by atoms with Gasteiger partial charge in [-0.2, -0.15) is 5.10 Å². The van der Waals surface area contributed by atoms with E-state index in [1.807, 2.05) is 30.5 Å². The maximum absolute atomic E-state index is 11.4. The lowest BCUT2D eigenvalue weighted by atomic mass is 10.1. The SMILES string of the molecule is CNS(=O)(=O)CCc1ccc(NN=CCCCN(C)C)cc1. The molecule has 0 aromatic heterocycles. The van der Waals surface area contributed by atoms with E-state index in [1.54, 1.807) is 0 Å². The van der Waals surface area contributed by atoms with Crippen LogP contribution in [-0.2, 0) is 16.4 Å². The van der Waals surface area contributed by atoms with Crippen LogP contribution in [0, 0.1) is 0 Å². The van der Waals surface area contributed by atoms with E-state index in [2.05, 4.69) is 34.2 Å². The third-order valence-electron chi connectivity index (χ3n) is 3.15. The first-order valence-electron chi connectivity index (χ1n) is 7.35. The smallest absolute Gasteiger partial charge is 0.211 e. The van der Waals surface area contributed by atoms with Crippen molar-refractivity contribution in [2.24, 2.45) is 5.10 Å². The van der Waals surface area contributed by atoms with E-state index in [1.165, 1.54) is 7.05 Å². The van der Waals surface area contributed by atoms with Crippen LogP contribution in [0.3, 0.4) is 0 Å². The number of hydrazone groups is 1. The number of hydrogen-bond donors (Lipinski definition) is 2. The topological polar surface area (TPSA) is 73.8 Å². The monoisotopic (exact) mass is 326 g/mol. The summed E-state index contributed by atoms with van der Waals surface area (Å²) < 4.78 is 25.0. The van der Waals surface area contributed by atoms with Gasteiger partial charge in [0.1, 0.15) is 0 Å². The Morgan fingerprint density at radius 3 is 2.50 bits per heavy atom. The minimum Gasteiger partial charge on any atom is -0.309 e. The van der Waals surface area contributed by atoms with Crippen molar-refractivity contribution in [3.8, 4) is 0 Å². The van der Waals surface area contributed by atoms with Gasteiger partial charge >= 0.3 is 0 Å². The maximum Gasteiger partial charge on any atom is 0.211 e. The summed E-state index contributed by atoms with van der Waals surface area (Å²) in [6.07, 6.45) is 4.39. The molecule has 7 heteroatoms. The van der Waals surface area contributed by atoms with Crippen molar-refractivity contribution in [2.75, 3.05) is 38.9 Å². The fourth-order valence-corrected chi connectivity index (χ4v) is 2.49. The van der Waals surface area contributed by atoms with Crippen molar-refractivity contribution in [2.45, 2.75) is 19.3 Å². The summed E-state index contributed by atoms with van der Waals surface area (Å²) in [5.74, 6) is 0.0975. The number of unbranched alkanes of at least 4 members (excludes halogenated alkanes) is 1. The molecule has 0 aliphatic rings. The van der Waals surface area contributed by atoms with Gasteiger partial charge in [0.2, 0.25) is 10.0 Å². The Labute approximate surface area is 133 Å². The van der Waals surface area contributed by atoms with Gasteiger partial charge in [0.25, 0.3) is 0 Å². The van der Waals surface area contributed by atoms with Crippen LogP contribution >= 0.6 is 0 Å². The molecule has 0 aliphatic carbocycles. The van der Waals surface area contributed by atoms with Crippen molar-refractivity contribution in [1.29, 1.82) is 0 Å². The summed E-state index contributed by atoms with van der Waals surface area (Å²) in [5, 5.41) is 4.17. The van der Waals surface area contributed by atoms with Crippen molar-refractivity contribution in [3.05, 3.63) is 29.8 Å². The molecule has 0 radical (unpaired) electrons. The van der Waals surface area contributed by atoms with E-state index < -0.39 is 10.0 Å². The number of nitrogens with zero attached hydrogens (tertiary/aromatic N) is 2. The molecule has 0 aliphatic heterocycles. The molecular formula is C15H26N4O2S. The fraction of sp³-hybridized carbons (Fsp3) is 0.533. The summed E-state index contributed by atoms with van der Waals surface area (Å²) in [6, 6.07) is 7.63. The van der Waals surface area contributed by atoms with Crippen molar-refractivity contribution >= 4 is 21.9 Å². The van der Waals surface area contributed by atoms with Crippen LogP contribution in [0.25, 0.3) is 0 Å². The minimum atomic E-state index is -3.15. The molecule has 0 unspecified atom stereocenters. The summed E-state index contributed by atoms with van der Waals surface area (Å²) in [6.45, 7) is 1.05. The maximum atomic E-state index is 11.4. The molecule has 6 nitrogen and oxygen atoms in total. The van der Waals surface area contributed by atoms with Crippen LogP contribution < -0.4 is 10.1 Å². The number of sulfonamides is 1. The molecule has 2 N–H and O–H groups in total. The highest BCUT2D eigenvalue weighted by Crippen LogP contribution is 2.10. The minimum absolute atomic E-state index is 0.0975. The number of anilines is 1. The third kappa shape index (κ3) is 8.11. The summed E-state index contributed by atoms with van der Waals surface area (Å²) in [5.41, 5.74) is 4.85. The normalized spacial score (nSPS) is 12.2. The highest BCUT2D eigenvalue weighted by Gasteiger charge is 2.06. The largest absolute Gasteiger partial charge is 0.309 e. The van der Waals surface area contributed by atoms with E-state index in [4.69, 9.17) is 0 Å². The van der Waals surface area contributed by atoms with Crippen LogP contribution in [0.5, 0.6) is 0 Å². The Kier molecular flexibility index (Phi) is 8.08. The van der Waals surface area contributed by atoms with Crippen molar-refractivity contribution in [1.82, 2.24) is 9.62 Å². The molecule has 1 aromatic carbocycles. The fourth-order valence-electron chi connectivity index (χ4n) is 1.78. The van der Waals surface area contributed by atoms with Gasteiger partial charge < -0.3 is 4.90 Å². The average molecular weight is 326 g/mol. The lowest BCUT2D eigenvalue weighted by Gasteiger charge is -2.06. The summed E-state index contributed by atoms with van der Waals surface area (Å²) >= 11 is 0. The number of nitrogens with one attached hydrogen (secondary N) is 2. The number of hydrogen-bond acceptors (Lipinski definition) is 5. The van der Waals surface area contributed by atoms with Gasteiger partial charge in [-0.1, -0.05) is 12.1 Å². The van der Waals surface area contributed by atoms with E-state index in [9.17, 15) is 8.42 Å². The van der Waals surface area contributed by atoms with Crippen LogP contribution in [0.15, 0.2) is 29.4 Å². The van der Waals surface area contributed by atoms with Gasteiger partial charge in [-0.25, -0.2) is 13.1 Å². The second-order valence-corrected chi connectivity index (χ2v) is 7.38. The van der Waals surface area contributed by atoms with Crippen LogP contribution in [0.4, 0.5) is 5.69 Å². The quantitative estimate of drug-likeness (QED) is 0.388. The molecule has 0 heterocycles. The molecule has 0 amide bonds. The number of benzene rings is 1. The van der Waals surface area contributed by atoms with Crippen LogP contribution in [0.2, 0.25) is 0 Å². The van der Waals surface area contributed by atoms with E-state index >= 15 is 0 Å². The summed E-state index contributed by atoms with van der Waals surface area (Å²) in [4.78, 5) is 2.15. The predicted octanol–water partition coefficient (Wildman–Crippen LogP) is 1.52. The predicted molar refractivity (Wildman–Crippen MR) is 92.9 cm³/mol. The first kappa shape index (κ1) is 18.6. The first-order valence-corrected chi connectivity index (χ1v) is 9.00. The molecule has 0 spiro atoms. The van der Waals surface area contributed by atoms with Crippen molar-refractivity contribution < 1.29 is 8.42 Å². The second-order valence-electron chi connectivity index (χ2n) is 5.34. The van der Waals surface area contributed by atoms with Gasteiger partial charge in [0.05, 0.1) is 11.4 Å². The number of rotatable bonds is 10. The Morgan fingerprint density at radius 1 is 1.23 bits per heavy atom. The Balaban J connectivity index is 2.34. The molecule has 0 bridgehead atoms. The van der Waals surface area contributed by atoms with Gasteiger partial charge in [0.15, 0.2) is 0 Å². The molecule has 0 fully saturated rings. The molecule has 22 heavy (non-hydrogen) atoms. The number of aryl methyl sites for hydroxylation is 1. The Bertz CT molecular complexity index is 553. The zero-order valence-corrected chi connectivity index (χ0v) is 14.4. The van der Waals surface area contributed by atoms with E-state index in [0.717, 1.165) is 30.6 Å². The third-order valence-corrected chi connectivity index (χ3v) is 4.51. The summed E-state index contributed by atoms with van der Waals surface area (Å²) in [7, 11) is 2.39. The molecule has 1 rings (SSSR count). The van der Waals surface area contributed by atoms with E-state index in [-0.39, 0.29) is 5.75 Å². The Morgan fingerprint density at radius 2 is 1.91 bits per heavy atom. The van der Waals surface area contributed by atoms with Gasteiger partial charge in [-0.05, 0) is 64.6 Å². The highest BCUT2D eigenvalue weighted by atomic mass is 32.2. The van der Waals surface area contributed by atoms with Gasteiger partial charge in [0, 0.05) is 6.21 Å². The molecule has 0 saturated carbocycles. The first-order chi connectivity index (χ1) is 10.4. The van der Waals surface area contributed by atoms with Crippen LogP contribution in [-0.4, -0.2) is 53.0 Å². The molecule has 0 saturated heterocycles. The standard InChI is InChI=1S/C15H26N4O2S/c1-16-22(20,21)13-10-14-6-8-15(9-7-14)18-17-11-4-5-12-19(2)3/h6-9,11,16,18H,4-5,10,12-13H2,1-3H3. The molecular weight excluding hydrogens is 300 g/mol.